The predicted molar refractivity (Wildman–Crippen MR) is 137 cm³/mol. The molecule has 1 N–H and O–H groups in total. The van der Waals surface area contributed by atoms with Gasteiger partial charge in [-0.05, 0) is 49.7 Å². The summed E-state index contributed by atoms with van der Waals surface area (Å²) in [5.41, 5.74) is 3.97. The normalized spacial score (nSPS) is 13.8. The van der Waals surface area contributed by atoms with Crippen molar-refractivity contribution in [3.8, 4) is 11.5 Å². The maximum atomic E-state index is 12.9. The van der Waals surface area contributed by atoms with Crippen LogP contribution in [0.3, 0.4) is 0 Å². The summed E-state index contributed by atoms with van der Waals surface area (Å²) >= 11 is 1.27. The summed E-state index contributed by atoms with van der Waals surface area (Å²) in [6.07, 6.45) is -4.78. The van der Waals surface area contributed by atoms with E-state index in [1.54, 1.807) is 10.3 Å². The molecule has 0 bridgehead atoms. The third kappa shape index (κ3) is 7.37. The number of halogens is 3. The fourth-order valence-electron chi connectivity index (χ4n) is 4.07. The van der Waals surface area contributed by atoms with Crippen molar-refractivity contribution in [1.29, 1.82) is 0 Å². The number of alkyl halides is 3. The van der Waals surface area contributed by atoms with E-state index in [1.165, 1.54) is 40.3 Å². The van der Waals surface area contributed by atoms with E-state index < -0.39 is 12.3 Å². The van der Waals surface area contributed by atoms with E-state index in [0.29, 0.717) is 23.8 Å². The largest absolute Gasteiger partial charge is 0.573 e. The number of aromatic nitrogens is 1. The van der Waals surface area contributed by atoms with Gasteiger partial charge in [0.15, 0.2) is 6.61 Å². The number of carbonyl (C=O) groups excluding carboxylic acids is 2. The third-order valence-electron chi connectivity index (χ3n) is 5.89. The van der Waals surface area contributed by atoms with Gasteiger partial charge < -0.3 is 24.6 Å². The minimum absolute atomic E-state index is 0.124. The van der Waals surface area contributed by atoms with Gasteiger partial charge in [-0.15, -0.1) is 24.5 Å². The molecule has 0 aliphatic carbocycles. The van der Waals surface area contributed by atoms with Gasteiger partial charge in [-0.25, -0.2) is 4.98 Å². The van der Waals surface area contributed by atoms with Crippen molar-refractivity contribution in [3.63, 3.8) is 0 Å². The zero-order chi connectivity index (χ0) is 27.3. The molecule has 0 radical (unpaired) electrons. The molecule has 1 saturated heterocycles. The van der Waals surface area contributed by atoms with Crippen molar-refractivity contribution in [1.82, 2.24) is 15.2 Å². The maximum absolute atomic E-state index is 12.9. The molecular formula is C26H27F3N4O4S. The molecule has 38 heavy (non-hydrogen) atoms. The van der Waals surface area contributed by atoms with Crippen LogP contribution < -0.4 is 19.7 Å². The minimum Gasteiger partial charge on any atom is -0.484 e. The van der Waals surface area contributed by atoms with Gasteiger partial charge >= 0.3 is 6.36 Å². The van der Waals surface area contributed by atoms with Crippen LogP contribution in [0.1, 0.15) is 26.6 Å². The molecule has 2 heterocycles. The fourth-order valence-corrected chi connectivity index (χ4v) is 4.78. The lowest BCUT2D eigenvalue weighted by Gasteiger charge is -2.36. The molecule has 4 rings (SSSR count). The monoisotopic (exact) mass is 548 g/mol. The van der Waals surface area contributed by atoms with Gasteiger partial charge in [0, 0.05) is 37.2 Å². The van der Waals surface area contributed by atoms with Gasteiger partial charge in [0.05, 0.1) is 6.54 Å². The molecule has 3 aromatic rings. The number of anilines is 1. The van der Waals surface area contributed by atoms with Crippen LogP contribution in [0.5, 0.6) is 11.5 Å². The molecule has 8 nitrogen and oxygen atoms in total. The average molecular weight is 549 g/mol. The lowest BCUT2D eigenvalue weighted by Crippen LogP contribution is -2.49. The zero-order valence-corrected chi connectivity index (χ0v) is 21.7. The first kappa shape index (κ1) is 27.2. The Kier molecular flexibility index (Phi) is 8.40. The van der Waals surface area contributed by atoms with Gasteiger partial charge in [-0.1, -0.05) is 17.7 Å². The van der Waals surface area contributed by atoms with Crippen molar-refractivity contribution in [3.05, 3.63) is 69.7 Å². The number of rotatable bonds is 8. The number of thiazole rings is 1. The third-order valence-corrected chi connectivity index (χ3v) is 6.74. The van der Waals surface area contributed by atoms with E-state index >= 15 is 0 Å². The molecule has 0 spiro atoms. The highest BCUT2D eigenvalue weighted by molar-refractivity contribution is 7.09. The van der Waals surface area contributed by atoms with E-state index in [2.05, 4.69) is 52.0 Å². The Morgan fingerprint density at radius 3 is 2.37 bits per heavy atom. The SMILES string of the molecule is Cc1ccc(N2CCN(C(=O)c3csc(CNC(=O)COc4ccc(OC(F)(F)F)cc4)n3)CC2)c(C)c1. The second kappa shape index (κ2) is 11.7. The van der Waals surface area contributed by atoms with Gasteiger partial charge in [0.1, 0.15) is 22.2 Å². The standard InChI is InChI=1S/C26H27F3N4O4S/c1-17-3-8-22(18(2)13-17)32-9-11-33(12-10-32)25(35)21-16-38-24(31-21)14-30-23(34)15-36-19-4-6-20(7-5-19)37-26(27,28)29/h3-8,13,16H,9-12,14-15H2,1-2H3,(H,30,34). The molecule has 1 aliphatic rings. The van der Waals surface area contributed by atoms with Crippen molar-refractivity contribution in [2.45, 2.75) is 26.8 Å². The summed E-state index contributed by atoms with van der Waals surface area (Å²) in [5, 5.41) is 4.91. The van der Waals surface area contributed by atoms with E-state index in [-0.39, 0.29) is 30.6 Å². The highest BCUT2D eigenvalue weighted by Crippen LogP contribution is 2.25. The number of ether oxygens (including phenoxy) is 2. The number of aryl methyl sites for hydroxylation is 2. The van der Waals surface area contributed by atoms with Gasteiger partial charge in [-0.3, -0.25) is 9.59 Å². The van der Waals surface area contributed by atoms with E-state index in [0.717, 1.165) is 25.2 Å². The van der Waals surface area contributed by atoms with Crippen LogP contribution in [0, 0.1) is 13.8 Å². The van der Waals surface area contributed by atoms with Crippen LogP contribution in [0.15, 0.2) is 47.8 Å². The maximum Gasteiger partial charge on any atom is 0.573 e. The molecule has 1 aliphatic heterocycles. The van der Waals surface area contributed by atoms with Crippen molar-refractivity contribution in [2.24, 2.45) is 0 Å². The Bertz CT molecular complexity index is 1270. The number of hydrogen-bond donors (Lipinski definition) is 1. The number of benzene rings is 2. The van der Waals surface area contributed by atoms with Crippen LogP contribution in [0.25, 0.3) is 0 Å². The van der Waals surface area contributed by atoms with Crippen LogP contribution in [-0.4, -0.2) is 60.8 Å². The first-order valence-corrected chi connectivity index (χ1v) is 12.8. The quantitative estimate of drug-likeness (QED) is 0.452. The number of piperazine rings is 1. The van der Waals surface area contributed by atoms with E-state index in [1.807, 2.05) is 0 Å². The predicted octanol–water partition coefficient (Wildman–Crippen LogP) is 4.32. The summed E-state index contributed by atoms with van der Waals surface area (Å²) in [6.45, 7) is 6.61. The summed E-state index contributed by atoms with van der Waals surface area (Å²) in [6, 6.07) is 11.1. The average Bonchev–Trinajstić information content (AvgIpc) is 3.35. The second-order valence-electron chi connectivity index (χ2n) is 8.78. The van der Waals surface area contributed by atoms with Crippen molar-refractivity contribution < 1.29 is 32.2 Å². The molecular weight excluding hydrogens is 521 g/mol. The fraction of sp³-hybridized carbons (Fsp3) is 0.346. The highest BCUT2D eigenvalue weighted by Gasteiger charge is 2.31. The van der Waals surface area contributed by atoms with Gasteiger partial charge in [0.25, 0.3) is 11.8 Å². The highest BCUT2D eigenvalue weighted by atomic mass is 32.1. The molecule has 0 saturated carbocycles. The summed E-state index contributed by atoms with van der Waals surface area (Å²) in [7, 11) is 0. The number of carbonyl (C=O) groups is 2. The number of nitrogens with zero attached hydrogens (tertiary/aromatic N) is 3. The first-order valence-electron chi connectivity index (χ1n) is 11.9. The molecule has 0 atom stereocenters. The smallest absolute Gasteiger partial charge is 0.484 e. The summed E-state index contributed by atoms with van der Waals surface area (Å²) < 4.78 is 45.7. The van der Waals surface area contributed by atoms with Crippen LogP contribution in [0.2, 0.25) is 0 Å². The molecule has 1 fully saturated rings. The van der Waals surface area contributed by atoms with Crippen molar-refractivity contribution in [2.75, 3.05) is 37.7 Å². The van der Waals surface area contributed by atoms with Gasteiger partial charge in [0.2, 0.25) is 0 Å². The summed E-state index contributed by atoms with van der Waals surface area (Å²) in [5.74, 6) is -0.743. The number of hydrogen-bond acceptors (Lipinski definition) is 7. The Morgan fingerprint density at radius 2 is 1.71 bits per heavy atom. The molecule has 12 heteroatoms. The molecule has 1 aromatic heterocycles. The molecule has 2 aromatic carbocycles. The van der Waals surface area contributed by atoms with Crippen LogP contribution in [0.4, 0.5) is 18.9 Å². The summed E-state index contributed by atoms with van der Waals surface area (Å²) in [4.78, 5) is 33.5. The Morgan fingerprint density at radius 1 is 1.03 bits per heavy atom. The van der Waals surface area contributed by atoms with Crippen LogP contribution in [-0.2, 0) is 11.3 Å². The molecule has 2 amide bonds. The number of amides is 2. The lowest BCUT2D eigenvalue weighted by molar-refractivity contribution is -0.274. The Labute approximate surface area is 222 Å². The molecule has 202 valence electrons. The Hall–Kier alpha value is -3.80. The van der Waals surface area contributed by atoms with E-state index in [4.69, 9.17) is 4.74 Å². The minimum atomic E-state index is -4.78. The lowest BCUT2D eigenvalue weighted by atomic mass is 10.1. The van der Waals surface area contributed by atoms with Crippen molar-refractivity contribution >= 4 is 28.8 Å². The first-order chi connectivity index (χ1) is 18.1. The number of nitrogens with one attached hydrogen (secondary N) is 1. The zero-order valence-electron chi connectivity index (χ0n) is 20.9. The molecule has 0 unspecified atom stereocenters. The van der Waals surface area contributed by atoms with Crippen LogP contribution >= 0.6 is 11.3 Å². The topological polar surface area (TPSA) is 84.0 Å². The second-order valence-corrected chi connectivity index (χ2v) is 9.72. The van der Waals surface area contributed by atoms with Gasteiger partial charge in [-0.2, -0.15) is 0 Å². The Balaban J connectivity index is 1.21. The van der Waals surface area contributed by atoms with E-state index in [9.17, 15) is 22.8 Å².